The van der Waals surface area contributed by atoms with E-state index in [0.29, 0.717) is 4.47 Å². The molecular formula is C8H6BrNO3. The lowest BCUT2D eigenvalue weighted by Gasteiger charge is -2.02. The number of hydrogen-bond acceptors (Lipinski definition) is 3. The quantitative estimate of drug-likeness (QED) is 0.466. The Bertz CT molecular complexity index is 351. The summed E-state index contributed by atoms with van der Waals surface area (Å²) in [5, 5.41) is 10.5. The minimum absolute atomic E-state index is 0.0886. The van der Waals surface area contributed by atoms with E-state index in [-0.39, 0.29) is 11.4 Å². The second-order valence-corrected chi connectivity index (χ2v) is 2.98. The summed E-state index contributed by atoms with van der Waals surface area (Å²) in [5.41, 5.74) is -0.0886. The fourth-order valence-electron chi connectivity index (χ4n) is 0.841. The Labute approximate surface area is 83.1 Å². The molecule has 0 aliphatic carbocycles. The van der Waals surface area contributed by atoms with Gasteiger partial charge in [0.15, 0.2) is 0 Å². The highest BCUT2D eigenvalue weighted by molar-refractivity contribution is 9.10. The van der Waals surface area contributed by atoms with Crippen LogP contribution in [0.4, 0.5) is 5.69 Å². The Hall–Kier alpha value is -1.36. The minimum atomic E-state index is -0.510. The van der Waals surface area contributed by atoms with Crippen LogP contribution in [0, 0.1) is 10.1 Å². The van der Waals surface area contributed by atoms with Gasteiger partial charge in [-0.25, -0.2) is 0 Å². The van der Waals surface area contributed by atoms with Gasteiger partial charge in [-0.05, 0) is 22.0 Å². The number of ether oxygens (including phenoxy) is 1. The molecule has 0 N–H and O–H groups in total. The third-order valence-corrected chi connectivity index (χ3v) is 1.97. The van der Waals surface area contributed by atoms with Crippen molar-refractivity contribution in [3.05, 3.63) is 45.6 Å². The Morgan fingerprint density at radius 3 is 2.85 bits per heavy atom. The maximum Gasteiger partial charge on any atom is 0.312 e. The molecule has 1 rings (SSSR count). The standard InChI is InChI=1S/C8H6BrNO3/c1-2-13-8-6(9)4-3-5-7(8)10(11)12/h2-5H,1H2. The summed E-state index contributed by atoms with van der Waals surface area (Å²) in [4.78, 5) is 10.0. The predicted molar refractivity (Wildman–Crippen MR) is 51.6 cm³/mol. The van der Waals surface area contributed by atoms with Crippen LogP contribution in [0.5, 0.6) is 5.75 Å². The van der Waals surface area contributed by atoms with Gasteiger partial charge in [-0.15, -0.1) is 0 Å². The van der Waals surface area contributed by atoms with E-state index in [1.807, 2.05) is 0 Å². The first-order chi connectivity index (χ1) is 6.16. The fourth-order valence-corrected chi connectivity index (χ4v) is 1.29. The zero-order valence-corrected chi connectivity index (χ0v) is 8.15. The second-order valence-electron chi connectivity index (χ2n) is 2.13. The maximum atomic E-state index is 10.5. The van der Waals surface area contributed by atoms with Crippen LogP contribution >= 0.6 is 15.9 Å². The molecule has 0 saturated carbocycles. The van der Waals surface area contributed by atoms with Crippen molar-refractivity contribution >= 4 is 21.6 Å². The zero-order chi connectivity index (χ0) is 9.84. The molecule has 0 aromatic heterocycles. The molecule has 4 nitrogen and oxygen atoms in total. The van der Waals surface area contributed by atoms with Crippen molar-refractivity contribution < 1.29 is 9.66 Å². The normalized spacial score (nSPS) is 9.31. The SMILES string of the molecule is C=COc1c(Br)cccc1[N+](=O)[O-]. The van der Waals surface area contributed by atoms with Crippen molar-refractivity contribution in [3.63, 3.8) is 0 Å². The van der Waals surface area contributed by atoms with Gasteiger partial charge in [0.2, 0.25) is 5.75 Å². The lowest BCUT2D eigenvalue weighted by Crippen LogP contribution is -1.93. The van der Waals surface area contributed by atoms with Crippen molar-refractivity contribution in [2.24, 2.45) is 0 Å². The van der Waals surface area contributed by atoms with E-state index >= 15 is 0 Å². The molecule has 0 radical (unpaired) electrons. The number of halogens is 1. The van der Waals surface area contributed by atoms with Crippen LogP contribution in [0.2, 0.25) is 0 Å². The number of para-hydroxylation sites is 1. The summed E-state index contributed by atoms with van der Waals surface area (Å²) in [6.45, 7) is 3.33. The first-order valence-electron chi connectivity index (χ1n) is 3.37. The van der Waals surface area contributed by atoms with Crippen molar-refractivity contribution in [3.8, 4) is 5.75 Å². The summed E-state index contributed by atoms with van der Waals surface area (Å²) >= 11 is 3.14. The highest BCUT2D eigenvalue weighted by Gasteiger charge is 2.16. The third-order valence-electron chi connectivity index (χ3n) is 1.34. The smallest absolute Gasteiger partial charge is 0.312 e. The molecule has 1 aromatic carbocycles. The molecule has 0 bridgehead atoms. The second kappa shape index (κ2) is 4.04. The van der Waals surface area contributed by atoms with E-state index in [1.165, 1.54) is 6.07 Å². The molecule has 5 heteroatoms. The summed E-state index contributed by atoms with van der Waals surface area (Å²) in [5.74, 6) is 0.169. The molecule has 68 valence electrons. The van der Waals surface area contributed by atoms with Gasteiger partial charge >= 0.3 is 5.69 Å². The van der Waals surface area contributed by atoms with Crippen LogP contribution in [-0.2, 0) is 0 Å². The summed E-state index contributed by atoms with van der Waals surface area (Å²) < 4.78 is 5.43. The minimum Gasteiger partial charge on any atom is -0.457 e. The number of hydrogen-bond donors (Lipinski definition) is 0. The molecule has 0 saturated heterocycles. The Morgan fingerprint density at radius 1 is 1.62 bits per heavy atom. The Balaban J connectivity index is 3.24. The highest BCUT2D eigenvalue weighted by atomic mass is 79.9. The van der Waals surface area contributed by atoms with E-state index in [9.17, 15) is 10.1 Å². The molecule has 0 spiro atoms. The average molecular weight is 244 g/mol. The largest absolute Gasteiger partial charge is 0.457 e. The van der Waals surface area contributed by atoms with Crippen molar-refractivity contribution in [2.45, 2.75) is 0 Å². The van der Waals surface area contributed by atoms with Gasteiger partial charge in [0.05, 0.1) is 15.7 Å². The molecule has 0 aliphatic heterocycles. The van der Waals surface area contributed by atoms with Gasteiger partial charge in [0, 0.05) is 6.07 Å². The van der Waals surface area contributed by atoms with Crippen LogP contribution < -0.4 is 4.74 Å². The number of nitro benzene ring substituents is 1. The molecule has 1 aromatic rings. The van der Waals surface area contributed by atoms with Crippen LogP contribution in [-0.4, -0.2) is 4.92 Å². The summed E-state index contributed by atoms with van der Waals surface area (Å²) in [6, 6.07) is 4.59. The number of rotatable bonds is 3. The topological polar surface area (TPSA) is 52.4 Å². The van der Waals surface area contributed by atoms with Crippen molar-refractivity contribution in [1.29, 1.82) is 0 Å². The fraction of sp³-hybridized carbons (Fsp3) is 0. The van der Waals surface area contributed by atoms with Crippen LogP contribution in [0.15, 0.2) is 35.5 Å². The molecule has 0 amide bonds. The average Bonchev–Trinajstić information content (AvgIpc) is 2.08. The maximum absolute atomic E-state index is 10.5. The molecule has 0 fully saturated rings. The molecule has 0 unspecified atom stereocenters. The third kappa shape index (κ3) is 2.06. The molecule has 0 heterocycles. The van der Waals surface area contributed by atoms with Gasteiger partial charge in [-0.3, -0.25) is 10.1 Å². The van der Waals surface area contributed by atoms with Gasteiger partial charge in [0.25, 0.3) is 0 Å². The lowest BCUT2D eigenvalue weighted by molar-refractivity contribution is -0.385. The number of benzene rings is 1. The summed E-state index contributed by atoms with van der Waals surface area (Å²) in [6.07, 6.45) is 1.15. The monoisotopic (exact) mass is 243 g/mol. The predicted octanol–water partition coefficient (Wildman–Crippen LogP) is 2.88. The Kier molecular flexibility index (Phi) is 3.02. The first kappa shape index (κ1) is 9.73. The van der Waals surface area contributed by atoms with Crippen LogP contribution in [0.3, 0.4) is 0 Å². The molecule has 13 heavy (non-hydrogen) atoms. The van der Waals surface area contributed by atoms with Gasteiger partial charge < -0.3 is 4.74 Å². The summed E-state index contributed by atoms with van der Waals surface area (Å²) in [7, 11) is 0. The van der Waals surface area contributed by atoms with E-state index in [0.717, 1.165) is 6.26 Å². The Morgan fingerprint density at radius 2 is 2.31 bits per heavy atom. The van der Waals surface area contributed by atoms with Gasteiger partial charge in [-0.2, -0.15) is 0 Å². The van der Waals surface area contributed by atoms with E-state index in [2.05, 4.69) is 22.5 Å². The van der Waals surface area contributed by atoms with Crippen molar-refractivity contribution in [2.75, 3.05) is 0 Å². The highest BCUT2D eigenvalue weighted by Crippen LogP contribution is 2.34. The van der Waals surface area contributed by atoms with Gasteiger partial charge in [-0.1, -0.05) is 12.6 Å². The van der Waals surface area contributed by atoms with Crippen LogP contribution in [0.25, 0.3) is 0 Å². The molecule has 0 aliphatic rings. The lowest BCUT2D eigenvalue weighted by atomic mass is 10.3. The molecular weight excluding hydrogens is 238 g/mol. The first-order valence-corrected chi connectivity index (χ1v) is 4.16. The van der Waals surface area contributed by atoms with Gasteiger partial charge in [0.1, 0.15) is 0 Å². The van der Waals surface area contributed by atoms with Crippen molar-refractivity contribution in [1.82, 2.24) is 0 Å². The zero-order valence-electron chi connectivity index (χ0n) is 6.57. The molecule has 0 atom stereocenters. The van der Waals surface area contributed by atoms with E-state index < -0.39 is 4.92 Å². The number of nitrogens with zero attached hydrogens (tertiary/aromatic N) is 1. The van der Waals surface area contributed by atoms with E-state index in [1.54, 1.807) is 12.1 Å². The van der Waals surface area contributed by atoms with E-state index in [4.69, 9.17) is 4.74 Å². The number of nitro groups is 1. The van der Waals surface area contributed by atoms with Crippen LogP contribution in [0.1, 0.15) is 0 Å².